The van der Waals surface area contributed by atoms with Crippen LogP contribution in [0.5, 0.6) is 0 Å². The molecule has 4 aromatic carbocycles. The molecule has 0 radical (unpaired) electrons. The average molecular weight is 703 g/mol. The van der Waals surface area contributed by atoms with Gasteiger partial charge in [-0.2, -0.15) is 23.3 Å². The molecule has 2 heterocycles. The molecule has 0 saturated carbocycles. The molecule has 2 unspecified atom stereocenters. The van der Waals surface area contributed by atoms with Crippen LogP contribution in [0.1, 0.15) is 11.1 Å². The van der Waals surface area contributed by atoms with Gasteiger partial charge < -0.3 is 5.73 Å². The highest BCUT2D eigenvalue weighted by molar-refractivity contribution is 7.89. The number of carbonyl (C=O) groups is 2. The predicted octanol–water partition coefficient (Wildman–Crippen LogP) is 3.71. The van der Waals surface area contributed by atoms with E-state index in [2.05, 4.69) is 23.3 Å². The van der Waals surface area contributed by atoms with Crippen LogP contribution in [-0.2, 0) is 19.6 Å². The fraction of sp³-hybridized carbons (Fsp3) is 0.152. The number of nitrogens with one attached hydrogen (secondary N) is 1. The highest BCUT2D eigenvalue weighted by atomic mass is 35.5. The lowest BCUT2D eigenvalue weighted by molar-refractivity contribution is -0.134. The molecule has 6 rings (SSSR count). The molecule has 3 N–H and O–H groups in total. The van der Waals surface area contributed by atoms with Gasteiger partial charge >= 0.3 is 0 Å². The monoisotopic (exact) mass is 702 g/mol. The highest BCUT2D eigenvalue weighted by Gasteiger charge is 2.44. The summed E-state index contributed by atoms with van der Waals surface area (Å²) >= 11 is 10.6. The van der Waals surface area contributed by atoms with Gasteiger partial charge in [-0.15, -0.1) is 5.10 Å². The summed E-state index contributed by atoms with van der Waals surface area (Å²) in [4.78, 5) is 34.4. The van der Waals surface area contributed by atoms with Crippen molar-refractivity contribution in [2.24, 2.45) is 15.8 Å². The van der Waals surface area contributed by atoms with Gasteiger partial charge in [-0.3, -0.25) is 14.5 Å². The molecule has 2 amide bonds. The quantitative estimate of drug-likeness (QED) is 0.224. The number of hydrogen-bond donors (Lipinski definition) is 3. The molecule has 2 aliphatic heterocycles. The number of amides is 2. The Hall–Kier alpha value is -4.89. The van der Waals surface area contributed by atoms with E-state index in [9.17, 15) is 18.0 Å². The molecule has 4 aromatic rings. The summed E-state index contributed by atoms with van der Waals surface area (Å²) < 4.78 is 27.0. The third kappa shape index (κ3) is 6.47. The zero-order valence-corrected chi connectivity index (χ0v) is 28.1. The summed E-state index contributed by atoms with van der Waals surface area (Å²) in [5.74, 6) is -1.98. The predicted molar refractivity (Wildman–Crippen MR) is 191 cm³/mol. The van der Waals surface area contributed by atoms with Gasteiger partial charge in [0.2, 0.25) is 16.2 Å². The minimum absolute atomic E-state index is 0.160. The summed E-state index contributed by atoms with van der Waals surface area (Å²) in [6.45, 7) is -0.175. The van der Waals surface area contributed by atoms with Gasteiger partial charge in [0.05, 0.1) is 29.4 Å². The first-order chi connectivity index (χ1) is 23.1. The number of nitrogens with two attached hydrogens (primary N) is 1. The molecule has 12 nitrogen and oxygen atoms in total. The first-order valence-corrected chi connectivity index (χ1v) is 17.6. The van der Waals surface area contributed by atoms with Crippen molar-refractivity contribution in [1.82, 2.24) is 14.8 Å². The fourth-order valence-corrected chi connectivity index (χ4v) is 6.77. The van der Waals surface area contributed by atoms with Crippen LogP contribution in [0.3, 0.4) is 0 Å². The van der Waals surface area contributed by atoms with E-state index < -0.39 is 34.0 Å². The van der Waals surface area contributed by atoms with Crippen LogP contribution < -0.4 is 21.3 Å². The van der Waals surface area contributed by atoms with Gasteiger partial charge in [0, 0.05) is 27.5 Å². The summed E-state index contributed by atoms with van der Waals surface area (Å²) in [7, 11) is -4.38. The number of benzene rings is 4. The van der Waals surface area contributed by atoms with Gasteiger partial charge in [0.1, 0.15) is 13.0 Å². The topological polar surface area (TPSA) is 144 Å². The Morgan fingerprint density at radius 1 is 0.958 bits per heavy atom. The Morgan fingerprint density at radius 2 is 1.60 bits per heavy atom. The van der Waals surface area contributed by atoms with Gasteiger partial charge in [-0.25, -0.2) is 22.7 Å². The summed E-state index contributed by atoms with van der Waals surface area (Å²) in [6.07, 6.45) is 0.483. The van der Waals surface area contributed by atoms with Crippen LogP contribution in [-0.4, -0.2) is 72.5 Å². The number of carbonyl (C=O) groups excluding carboxylic acids is 2. The minimum atomic E-state index is -4.38. The summed E-state index contributed by atoms with van der Waals surface area (Å²) in [6, 6.07) is 30.0. The number of hydrazine groups is 2. The molecule has 2 atom stereocenters. The van der Waals surface area contributed by atoms with Crippen molar-refractivity contribution in [2.45, 2.75) is 12.2 Å². The number of nitrogens with zero attached hydrogens (tertiary/aromatic N) is 6. The number of para-hydroxylation sites is 1. The number of aliphatic imine (C=N–C) groups is 1. The lowest BCUT2D eigenvalue weighted by atomic mass is 10.0. The van der Waals surface area contributed by atoms with Gasteiger partial charge in [0.25, 0.3) is 11.8 Å². The molecular formula is C33H31ClN8O4S2. The van der Waals surface area contributed by atoms with Crippen LogP contribution >= 0.6 is 24.2 Å². The molecule has 0 spiro atoms. The van der Waals surface area contributed by atoms with E-state index >= 15 is 0 Å². The smallest absolute Gasteiger partial charge is 0.275 e. The van der Waals surface area contributed by atoms with Gasteiger partial charge in [-0.1, -0.05) is 90.5 Å². The second-order valence-corrected chi connectivity index (χ2v) is 13.6. The van der Waals surface area contributed by atoms with Gasteiger partial charge in [-0.05, 0) is 29.8 Å². The van der Waals surface area contributed by atoms with Crippen LogP contribution in [0.25, 0.3) is 11.1 Å². The average Bonchev–Trinajstić information content (AvgIpc) is 3.52. The lowest BCUT2D eigenvalue weighted by Gasteiger charge is -2.36. The first kappa shape index (κ1) is 33.0. The van der Waals surface area contributed by atoms with E-state index in [1.165, 1.54) is 11.2 Å². The number of fused-ring (bicyclic) bond motifs is 1. The normalized spacial score (nSPS) is 16.6. The van der Waals surface area contributed by atoms with E-state index in [0.29, 0.717) is 26.1 Å². The third-order valence-corrected chi connectivity index (χ3v) is 9.43. The summed E-state index contributed by atoms with van der Waals surface area (Å²) in [5.41, 5.74) is 13.2. The summed E-state index contributed by atoms with van der Waals surface area (Å²) in [5, 5.41) is 7.94. The maximum atomic E-state index is 14.8. The zero-order valence-electron chi connectivity index (χ0n) is 25.6. The van der Waals surface area contributed by atoms with E-state index in [4.69, 9.17) is 22.3 Å². The number of sulfonamides is 1. The Kier molecular flexibility index (Phi) is 9.42. The zero-order chi connectivity index (χ0) is 34.0. The van der Waals surface area contributed by atoms with Crippen LogP contribution in [0, 0.1) is 0 Å². The first-order valence-electron chi connectivity index (χ1n) is 14.7. The number of hydrogen-bond acceptors (Lipinski definition) is 11. The Bertz CT molecular complexity index is 2010. The highest BCUT2D eigenvalue weighted by Crippen LogP contribution is 2.35. The Labute approximate surface area is 288 Å². The molecule has 48 heavy (non-hydrogen) atoms. The standard InChI is InChI=1S/C33H31ClN8O4S2/c1-48(45,46)41(32(43)27(35)19-47)31-33(44)40(28-17-16-24(34)18-26(28)30(37-31)23-12-6-3-7-13-23)21-39-20-36-38-42(39)29-15-9-8-14-25(29)22-10-4-2-5-11-22/h2-18,20,27,31,38,47H,19,21,35H2,1H3. The molecule has 0 aromatic heterocycles. The van der Waals surface area contributed by atoms with Crippen LogP contribution in [0.2, 0.25) is 5.02 Å². The van der Waals surface area contributed by atoms with Crippen molar-refractivity contribution in [3.05, 3.63) is 119 Å². The van der Waals surface area contributed by atoms with Crippen molar-refractivity contribution < 1.29 is 18.0 Å². The second-order valence-electron chi connectivity index (χ2n) is 11.0. The van der Waals surface area contributed by atoms with Gasteiger partial charge in [0.15, 0.2) is 0 Å². The lowest BCUT2D eigenvalue weighted by Crippen LogP contribution is -2.58. The largest absolute Gasteiger partial charge is 0.319 e. The molecule has 2 aliphatic rings. The molecule has 246 valence electrons. The molecule has 0 fully saturated rings. The van der Waals surface area contributed by atoms with Crippen molar-refractivity contribution in [3.63, 3.8) is 0 Å². The molecular weight excluding hydrogens is 672 g/mol. The molecule has 0 bridgehead atoms. The number of halogens is 1. The van der Waals surface area contributed by atoms with E-state index in [-0.39, 0.29) is 18.1 Å². The second kappa shape index (κ2) is 13.7. The molecule has 15 heteroatoms. The van der Waals surface area contributed by atoms with Crippen molar-refractivity contribution in [2.75, 3.05) is 28.7 Å². The Morgan fingerprint density at radius 3 is 2.27 bits per heavy atom. The van der Waals surface area contributed by atoms with E-state index in [0.717, 1.165) is 23.1 Å². The number of thiol groups is 1. The van der Waals surface area contributed by atoms with Crippen molar-refractivity contribution in [1.29, 1.82) is 0 Å². The number of anilines is 2. The minimum Gasteiger partial charge on any atom is -0.319 e. The SMILES string of the molecule is CS(=O)(=O)N(C(=O)C(N)CS)C1N=C(c2ccccc2)c2cc(Cl)ccc2N(CN2C=NNN2c2ccccc2-c2ccccc2)C1=O. The van der Waals surface area contributed by atoms with Crippen LogP contribution in [0.15, 0.2) is 113 Å². The van der Waals surface area contributed by atoms with Crippen molar-refractivity contribution in [3.8, 4) is 11.1 Å². The Balaban J connectivity index is 1.50. The van der Waals surface area contributed by atoms with E-state index in [1.54, 1.807) is 52.6 Å². The number of rotatable bonds is 9. The molecule has 0 aliphatic carbocycles. The third-order valence-electron chi connectivity index (χ3n) is 7.70. The molecule has 0 saturated heterocycles. The van der Waals surface area contributed by atoms with Crippen molar-refractivity contribution >= 4 is 69.5 Å². The number of hydrazone groups is 1. The maximum absolute atomic E-state index is 14.8. The van der Waals surface area contributed by atoms with Crippen LogP contribution in [0.4, 0.5) is 11.4 Å². The maximum Gasteiger partial charge on any atom is 0.275 e. The number of benzodiazepines with no additional fused rings is 1. The fourth-order valence-electron chi connectivity index (χ4n) is 5.48. The van der Waals surface area contributed by atoms with E-state index in [1.807, 2.05) is 60.7 Å².